The summed E-state index contributed by atoms with van der Waals surface area (Å²) in [6.45, 7) is 9.51. The first-order valence-corrected chi connectivity index (χ1v) is 6.95. The molecular weight excluding hydrogens is 196 g/mol. The molecule has 0 saturated heterocycles. The van der Waals surface area contributed by atoms with Gasteiger partial charge in [0.05, 0.1) is 6.10 Å². The van der Waals surface area contributed by atoms with E-state index in [1.165, 1.54) is 32.1 Å². The molecule has 3 saturated carbocycles. The van der Waals surface area contributed by atoms with Crippen molar-refractivity contribution in [1.29, 1.82) is 0 Å². The van der Waals surface area contributed by atoms with Gasteiger partial charge in [0.25, 0.3) is 0 Å². The normalized spacial score (nSPS) is 58.7. The quantitative estimate of drug-likeness (QED) is 0.664. The molecule has 3 aliphatic rings. The molecule has 0 amide bonds. The van der Waals surface area contributed by atoms with E-state index in [2.05, 4.69) is 27.7 Å². The lowest BCUT2D eigenvalue weighted by Crippen LogP contribution is -2.48. The highest BCUT2D eigenvalue weighted by molar-refractivity contribution is 5.13. The van der Waals surface area contributed by atoms with Gasteiger partial charge in [0.15, 0.2) is 0 Å². The average Bonchev–Trinajstić information content (AvgIpc) is 2.54. The van der Waals surface area contributed by atoms with Crippen molar-refractivity contribution in [2.24, 2.45) is 28.1 Å². The van der Waals surface area contributed by atoms with Gasteiger partial charge in [0, 0.05) is 0 Å². The number of hydrogen-bond acceptors (Lipinski definition) is 1. The van der Waals surface area contributed by atoms with Gasteiger partial charge in [-0.2, -0.15) is 0 Å². The third-order valence-electron chi connectivity index (χ3n) is 6.25. The van der Waals surface area contributed by atoms with Crippen LogP contribution in [0.1, 0.15) is 59.8 Å². The summed E-state index contributed by atoms with van der Waals surface area (Å²) in [5.41, 5.74) is 0.973. The van der Waals surface area contributed by atoms with Gasteiger partial charge in [0.2, 0.25) is 0 Å². The van der Waals surface area contributed by atoms with Crippen molar-refractivity contribution in [2.45, 2.75) is 65.9 Å². The van der Waals surface area contributed by atoms with Crippen molar-refractivity contribution in [3.63, 3.8) is 0 Å². The molecule has 1 N–H and O–H groups in total. The van der Waals surface area contributed by atoms with Crippen LogP contribution in [0.3, 0.4) is 0 Å². The maximum atomic E-state index is 10.6. The molecule has 1 heteroatoms. The van der Waals surface area contributed by atoms with E-state index >= 15 is 0 Å². The summed E-state index contributed by atoms with van der Waals surface area (Å²) < 4.78 is 0. The lowest BCUT2D eigenvalue weighted by Gasteiger charge is -2.48. The maximum Gasteiger partial charge on any atom is 0.0650 e. The predicted molar refractivity (Wildman–Crippen MR) is 66.1 cm³/mol. The smallest absolute Gasteiger partial charge is 0.0650 e. The first kappa shape index (κ1) is 11.1. The molecule has 0 radical (unpaired) electrons. The number of hydrogen-bond donors (Lipinski definition) is 1. The zero-order valence-electron chi connectivity index (χ0n) is 11.2. The van der Waals surface area contributed by atoms with Crippen LogP contribution in [-0.4, -0.2) is 11.2 Å². The highest BCUT2D eigenvalue weighted by atomic mass is 16.3. The van der Waals surface area contributed by atoms with Crippen LogP contribution < -0.4 is 0 Å². The summed E-state index contributed by atoms with van der Waals surface area (Å²) in [4.78, 5) is 0. The Morgan fingerprint density at radius 3 is 2.31 bits per heavy atom. The molecule has 2 bridgehead atoms. The highest BCUT2D eigenvalue weighted by Gasteiger charge is 2.63. The molecule has 0 heterocycles. The van der Waals surface area contributed by atoms with Gasteiger partial charge in [-0.15, -0.1) is 0 Å². The molecule has 92 valence electrons. The lowest BCUT2D eigenvalue weighted by molar-refractivity contribution is -0.0933. The zero-order chi connectivity index (χ0) is 11.8. The predicted octanol–water partition coefficient (Wildman–Crippen LogP) is 3.61. The first-order chi connectivity index (χ1) is 7.27. The fraction of sp³-hybridized carbons (Fsp3) is 1.00. The summed E-state index contributed by atoms with van der Waals surface area (Å²) in [5, 5.41) is 10.6. The van der Waals surface area contributed by atoms with E-state index in [1.807, 2.05) is 0 Å². The third kappa shape index (κ3) is 1.21. The second-order valence-electron chi connectivity index (χ2n) is 8.21. The van der Waals surface area contributed by atoms with E-state index in [9.17, 15) is 5.11 Å². The van der Waals surface area contributed by atoms with Gasteiger partial charge >= 0.3 is 0 Å². The van der Waals surface area contributed by atoms with Gasteiger partial charge in [-0.1, -0.05) is 27.7 Å². The number of rotatable bonds is 0. The third-order valence-corrected chi connectivity index (χ3v) is 6.25. The summed E-state index contributed by atoms with van der Waals surface area (Å²) in [5.74, 6) is 1.67. The van der Waals surface area contributed by atoms with Gasteiger partial charge in [0.1, 0.15) is 0 Å². The van der Waals surface area contributed by atoms with Crippen LogP contribution in [0.2, 0.25) is 0 Å². The fourth-order valence-electron chi connectivity index (χ4n) is 5.51. The average molecular weight is 222 g/mol. The van der Waals surface area contributed by atoms with Crippen molar-refractivity contribution in [2.75, 3.05) is 0 Å². The molecule has 0 aromatic rings. The topological polar surface area (TPSA) is 20.2 Å². The van der Waals surface area contributed by atoms with Crippen LogP contribution in [0.15, 0.2) is 0 Å². The van der Waals surface area contributed by atoms with Gasteiger partial charge in [-0.25, -0.2) is 0 Å². The standard InChI is InChI=1S/C15H26O/c1-13(2)7-10-8-14(3)5-6-15(4,12(14)16)11(10)9-13/h10-12,16H,5-9H2,1-4H3/t10-,11-,12+,14+,15-/m0/s1. The SMILES string of the molecule is CC1(C)C[C@H]2C[C@@]3(C)CC[C@](C)([C@@H]3O)[C@H]2C1. The molecule has 16 heavy (non-hydrogen) atoms. The zero-order valence-corrected chi connectivity index (χ0v) is 11.2. The van der Waals surface area contributed by atoms with Crippen LogP contribution in [0, 0.1) is 28.1 Å². The van der Waals surface area contributed by atoms with E-state index in [1.54, 1.807) is 0 Å². The molecule has 3 aliphatic carbocycles. The minimum absolute atomic E-state index is 0.0462. The molecule has 5 atom stereocenters. The van der Waals surface area contributed by atoms with Crippen molar-refractivity contribution in [1.82, 2.24) is 0 Å². The molecular formula is C15H26O. The second kappa shape index (κ2) is 2.85. The van der Waals surface area contributed by atoms with Crippen LogP contribution in [0.25, 0.3) is 0 Å². The second-order valence-corrected chi connectivity index (χ2v) is 8.21. The summed E-state index contributed by atoms with van der Waals surface area (Å²) in [6, 6.07) is 0. The van der Waals surface area contributed by atoms with Crippen LogP contribution in [-0.2, 0) is 0 Å². The van der Waals surface area contributed by atoms with Crippen molar-refractivity contribution < 1.29 is 5.11 Å². The Balaban J connectivity index is 1.98. The minimum Gasteiger partial charge on any atom is -0.392 e. The largest absolute Gasteiger partial charge is 0.392 e. The van der Waals surface area contributed by atoms with Crippen molar-refractivity contribution >= 4 is 0 Å². The lowest BCUT2D eigenvalue weighted by atomic mass is 9.59. The molecule has 0 spiro atoms. The minimum atomic E-state index is -0.0462. The molecule has 1 nitrogen and oxygen atoms in total. The Labute approximate surface area is 99.6 Å². The van der Waals surface area contributed by atoms with E-state index in [0.29, 0.717) is 5.41 Å². The highest BCUT2D eigenvalue weighted by Crippen LogP contribution is 2.68. The molecule has 0 unspecified atom stereocenters. The number of aliphatic hydroxyl groups excluding tert-OH is 1. The van der Waals surface area contributed by atoms with E-state index in [4.69, 9.17) is 0 Å². The Bertz CT molecular complexity index is 321. The first-order valence-electron chi connectivity index (χ1n) is 6.95. The van der Waals surface area contributed by atoms with Crippen LogP contribution in [0.4, 0.5) is 0 Å². The van der Waals surface area contributed by atoms with E-state index < -0.39 is 0 Å². The molecule has 0 aromatic heterocycles. The van der Waals surface area contributed by atoms with Gasteiger partial charge in [-0.05, 0) is 60.2 Å². The molecule has 3 fully saturated rings. The van der Waals surface area contributed by atoms with E-state index in [-0.39, 0.29) is 16.9 Å². The Hall–Kier alpha value is -0.0400. The molecule has 0 aromatic carbocycles. The Morgan fingerprint density at radius 2 is 1.62 bits per heavy atom. The Kier molecular flexibility index (Phi) is 1.98. The summed E-state index contributed by atoms with van der Waals surface area (Å²) in [7, 11) is 0. The Morgan fingerprint density at radius 1 is 0.938 bits per heavy atom. The van der Waals surface area contributed by atoms with Gasteiger partial charge < -0.3 is 5.11 Å². The van der Waals surface area contributed by atoms with Crippen LogP contribution >= 0.6 is 0 Å². The fourth-order valence-corrected chi connectivity index (χ4v) is 5.51. The van der Waals surface area contributed by atoms with Gasteiger partial charge in [-0.3, -0.25) is 0 Å². The van der Waals surface area contributed by atoms with Crippen molar-refractivity contribution in [3.8, 4) is 0 Å². The monoisotopic (exact) mass is 222 g/mol. The molecule has 3 rings (SSSR count). The molecule has 0 aliphatic heterocycles. The van der Waals surface area contributed by atoms with Crippen LogP contribution in [0.5, 0.6) is 0 Å². The number of fused-ring (bicyclic) bond motifs is 4. The van der Waals surface area contributed by atoms with E-state index in [0.717, 1.165) is 11.8 Å². The number of aliphatic hydroxyl groups is 1. The summed E-state index contributed by atoms with van der Waals surface area (Å²) in [6.07, 6.45) is 6.45. The summed E-state index contributed by atoms with van der Waals surface area (Å²) >= 11 is 0. The maximum absolute atomic E-state index is 10.6. The van der Waals surface area contributed by atoms with Crippen molar-refractivity contribution in [3.05, 3.63) is 0 Å².